The van der Waals surface area contributed by atoms with Gasteiger partial charge in [0.05, 0.1) is 19.2 Å². The highest BCUT2D eigenvalue weighted by Crippen LogP contribution is 2.35. The fourth-order valence-electron chi connectivity index (χ4n) is 4.49. The molecule has 0 radical (unpaired) electrons. The lowest BCUT2D eigenvalue weighted by Gasteiger charge is -2.31. The van der Waals surface area contributed by atoms with Crippen molar-refractivity contribution in [1.29, 1.82) is 0 Å². The van der Waals surface area contributed by atoms with E-state index in [2.05, 4.69) is 17.0 Å². The van der Waals surface area contributed by atoms with Gasteiger partial charge in [-0.1, -0.05) is 42.4 Å². The van der Waals surface area contributed by atoms with Gasteiger partial charge in [-0.3, -0.25) is 4.79 Å². The van der Waals surface area contributed by atoms with Crippen LogP contribution in [0.2, 0.25) is 0 Å². The predicted octanol–water partition coefficient (Wildman–Crippen LogP) is 5.27. The molecule has 1 amide bonds. The van der Waals surface area contributed by atoms with Crippen molar-refractivity contribution in [2.24, 2.45) is 5.92 Å². The van der Waals surface area contributed by atoms with Crippen LogP contribution in [0.15, 0.2) is 59.1 Å². The van der Waals surface area contributed by atoms with Crippen LogP contribution in [-0.2, 0) is 11.3 Å². The Kier molecular flexibility index (Phi) is 8.42. The first-order valence-corrected chi connectivity index (χ1v) is 12.3. The number of aromatic nitrogens is 1. The van der Waals surface area contributed by atoms with Crippen LogP contribution in [0.5, 0.6) is 5.75 Å². The van der Waals surface area contributed by atoms with Gasteiger partial charge in [-0.25, -0.2) is 0 Å². The molecule has 0 atom stereocenters. The number of amides is 1. The van der Waals surface area contributed by atoms with Crippen molar-refractivity contribution in [2.75, 3.05) is 45.4 Å². The number of hydrogen-bond acceptors (Lipinski definition) is 6. The van der Waals surface area contributed by atoms with Crippen LogP contribution in [0, 0.1) is 5.92 Å². The molecule has 7 nitrogen and oxygen atoms in total. The van der Waals surface area contributed by atoms with Crippen LogP contribution in [0.3, 0.4) is 0 Å². The Morgan fingerprint density at radius 2 is 1.80 bits per heavy atom. The number of ether oxygens (including phenoxy) is 2. The number of carbonyl (C=O) groups is 1. The summed E-state index contributed by atoms with van der Waals surface area (Å²) in [5.74, 6) is 2.16. The highest BCUT2D eigenvalue weighted by atomic mass is 16.5. The van der Waals surface area contributed by atoms with Gasteiger partial charge in [0.15, 0.2) is 0 Å². The summed E-state index contributed by atoms with van der Waals surface area (Å²) >= 11 is 0. The van der Waals surface area contributed by atoms with Crippen LogP contribution in [-0.4, -0.2) is 56.4 Å². The van der Waals surface area contributed by atoms with Gasteiger partial charge in [-0.05, 0) is 49.4 Å². The maximum atomic E-state index is 13.6. The predicted molar refractivity (Wildman–Crippen MR) is 137 cm³/mol. The molecule has 0 N–H and O–H groups in total. The van der Waals surface area contributed by atoms with Gasteiger partial charge in [-0.2, -0.15) is 0 Å². The molecule has 0 unspecified atom stereocenters. The normalized spacial score (nSPS) is 14.2. The first kappa shape index (κ1) is 24.8. The highest BCUT2D eigenvalue weighted by molar-refractivity contribution is 5.94. The number of rotatable bonds is 10. The SMILES string of the molecule is COCCCN(Cc1c(-c2ccccc2)noc1N1CCC(C)CC1)C(=O)c1ccc(OC)cc1. The summed E-state index contributed by atoms with van der Waals surface area (Å²) in [5, 5.41) is 4.49. The fourth-order valence-corrected chi connectivity index (χ4v) is 4.49. The minimum atomic E-state index is -0.0396. The van der Waals surface area contributed by atoms with Gasteiger partial charge in [0.25, 0.3) is 5.91 Å². The molecule has 1 fully saturated rings. The molecule has 0 saturated carbocycles. The van der Waals surface area contributed by atoms with Crippen LogP contribution >= 0.6 is 0 Å². The van der Waals surface area contributed by atoms with Crippen molar-refractivity contribution in [1.82, 2.24) is 10.1 Å². The molecule has 7 heteroatoms. The monoisotopic (exact) mass is 477 g/mol. The zero-order valence-electron chi connectivity index (χ0n) is 20.9. The van der Waals surface area contributed by atoms with Gasteiger partial charge < -0.3 is 23.8 Å². The number of carbonyl (C=O) groups excluding carboxylic acids is 1. The Labute approximate surface area is 207 Å². The molecule has 1 aromatic heterocycles. The average Bonchev–Trinajstić information content (AvgIpc) is 3.32. The minimum absolute atomic E-state index is 0.0396. The third kappa shape index (κ3) is 6.03. The number of hydrogen-bond donors (Lipinski definition) is 0. The molecule has 1 saturated heterocycles. The highest BCUT2D eigenvalue weighted by Gasteiger charge is 2.28. The van der Waals surface area contributed by atoms with E-state index < -0.39 is 0 Å². The molecule has 1 aliphatic rings. The Morgan fingerprint density at radius 3 is 2.46 bits per heavy atom. The number of anilines is 1. The van der Waals surface area contributed by atoms with E-state index in [9.17, 15) is 4.79 Å². The molecule has 2 heterocycles. The van der Waals surface area contributed by atoms with Gasteiger partial charge in [0.2, 0.25) is 5.88 Å². The fraction of sp³-hybridized carbons (Fsp3) is 0.429. The summed E-state index contributed by atoms with van der Waals surface area (Å²) in [6, 6.07) is 17.3. The van der Waals surface area contributed by atoms with Gasteiger partial charge in [0.1, 0.15) is 11.4 Å². The van der Waals surface area contributed by atoms with Crippen molar-refractivity contribution in [3.8, 4) is 17.0 Å². The number of nitrogens with zero attached hydrogens (tertiary/aromatic N) is 3. The molecule has 0 spiro atoms. The van der Waals surface area contributed by atoms with Gasteiger partial charge >= 0.3 is 0 Å². The Bertz CT molecular complexity index is 1070. The molecule has 2 aromatic carbocycles. The number of piperidine rings is 1. The smallest absolute Gasteiger partial charge is 0.254 e. The molecule has 186 valence electrons. The second kappa shape index (κ2) is 11.9. The lowest BCUT2D eigenvalue weighted by molar-refractivity contribution is 0.0724. The van der Waals surface area contributed by atoms with E-state index in [0.717, 1.165) is 60.8 Å². The molecule has 3 aromatic rings. The molecule has 1 aliphatic heterocycles. The quantitative estimate of drug-likeness (QED) is 0.371. The van der Waals surface area contributed by atoms with Crippen molar-refractivity contribution in [3.63, 3.8) is 0 Å². The number of methoxy groups -OCH3 is 2. The van der Waals surface area contributed by atoms with E-state index >= 15 is 0 Å². The number of benzene rings is 2. The zero-order valence-corrected chi connectivity index (χ0v) is 20.9. The molecular formula is C28H35N3O4. The standard InChI is InChI=1S/C28H35N3O4/c1-21-14-17-30(18-15-21)28-25(26(29-35-28)22-8-5-4-6-9-22)20-31(16-7-19-33-2)27(32)23-10-12-24(34-3)13-11-23/h4-6,8-13,21H,7,14-20H2,1-3H3. The molecule has 0 bridgehead atoms. The van der Waals surface area contributed by atoms with E-state index in [4.69, 9.17) is 14.0 Å². The summed E-state index contributed by atoms with van der Waals surface area (Å²) < 4.78 is 16.5. The first-order valence-electron chi connectivity index (χ1n) is 12.3. The second-order valence-corrected chi connectivity index (χ2v) is 9.15. The van der Waals surface area contributed by atoms with Crippen molar-refractivity contribution in [2.45, 2.75) is 32.7 Å². The van der Waals surface area contributed by atoms with E-state index in [0.29, 0.717) is 31.2 Å². The topological polar surface area (TPSA) is 68.0 Å². The summed E-state index contributed by atoms with van der Waals surface area (Å²) in [6.07, 6.45) is 2.97. The third-order valence-corrected chi connectivity index (χ3v) is 6.64. The largest absolute Gasteiger partial charge is 0.497 e. The second-order valence-electron chi connectivity index (χ2n) is 9.15. The van der Waals surface area contributed by atoms with Crippen molar-refractivity contribution in [3.05, 3.63) is 65.7 Å². The van der Waals surface area contributed by atoms with Crippen molar-refractivity contribution >= 4 is 11.8 Å². The molecular weight excluding hydrogens is 442 g/mol. The maximum absolute atomic E-state index is 13.6. The molecule has 0 aliphatic carbocycles. The van der Waals surface area contributed by atoms with Crippen LogP contribution < -0.4 is 9.64 Å². The summed E-state index contributed by atoms with van der Waals surface area (Å²) in [6.45, 7) is 5.69. The lowest BCUT2D eigenvalue weighted by atomic mass is 9.98. The summed E-state index contributed by atoms with van der Waals surface area (Å²) in [4.78, 5) is 17.8. The van der Waals surface area contributed by atoms with E-state index in [-0.39, 0.29) is 5.91 Å². The van der Waals surface area contributed by atoms with Gasteiger partial charge in [0, 0.05) is 44.5 Å². The maximum Gasteiger partial charge on any atom is 0.254 e. The Balaban J connectivity index is 1.68. The Hall–Kier alpha value is -3.32. The minimum Gasteiger partial charge on any atom is -0.497 e. The van der Waals surface area contributed by atoms with E-state index in [1.54, 1.807) is 14.2 Å². The average molecular weight is 478 g/mol. The summed E-state index contributed by atoms with van der Waals surface area (Å²) in [7, 11) is 3.30. The first-order chi connectivity index (χ1) is 17.1. The molecule has 35 heavy (non-hydrogen) atoms. The zero-order chi connectivity index (χ0) is 24.6. The van der Waals surface area contributed by atoms with Crippen LogP contribution in [0.4, 0.5) is 5.88 Å². The van der Waals surface area contributed by atoms with E-state index in [1.807, 2.05) is 59.5 Å². The van der Waals surface area contributed by atoms with Crippen LogP contribution in [0.1, 0.15) is 42.1 Å². The third-order valence-electron chi connectivity index (χ3n) is 6.64. The lowest BCUT2D eigenvalue weighted by Crippen LogP contribution is -2.35. The van der Waals surface area contributed by atoms with Crippen molar-refractivity contribution < 1.29 is 18.8 Å². The van der Waals surface area contributed by atoms with Gasteiger partial charge in [-0.15, -0.1) is 0 Å². The van der Waals surface area contributed by atoms with E-state index in [1.165, 1.54) is 0 Å². The molecule has 4 rings (SSSR count). The van der Waals surface area contributed by atoms with Crippen LogP contribution in [0.25, 0.3) is 11.3 Å². The Morgan fingerprint density at radius 1 is 1.09 bits per heavy atom. The summed E-state index contributed by atoms with van der Waals surface area (Å²) in [5.41, 5.74) is 3.34.